The molecule has 1 aromatic heterocycles. The fourth-order valence-corrected chi connectivity index (χ4v) is 3.89. The number of nitriles is 1. The lowest BCUT2D eigenvalue weighted by Gasteiger charge is -2.17. The number of rotatable bonds is 4. The van der Waals surface area contributed by atoms with Gasteiger partial charge in [-0.15, -0.1) is 11.3 Å². The first-order valence-corrected chi connectivity index (χ1v) is 7.74. The predicted molar refractivity (Wildman–Crippen MR) is 79.9 cm³/mol. The van der Waals surface area contributed by atoms with Crippen LogP contribution in [0, 0.1) is 23.2 Å². The Morgan fingerprint density at radius 2 is 2.40 bits per heavy atom. The fraction of sp³-hybridized carbons (Fsp3) is 0.600. The van der Waals surface area contributed by atoms with Crippen molar-refractivity contribution in [1.29, 1.82) is 5.26 Å². The Kier molecular flexibility index (Phi) is 4.66. The summed E-state index contributed by atoms with van der Waals surface area (Å²) in [7, 11) is 1.39. The minimum atomic E-state index is -0.231. The van der Waals surface area contributed by atoms with Crippen LogP contribution in [0.2, 0.25) is 0 Å². The number of carbonyl (C=O) groups excluding carboxylic acids is 1. The third-order valence-corrected chi connectivity index (χ3v) is 5.01. The quantitative estimate of drug-likeness (QED) is 0.867. The van der Waals surface area contributed by atoms with Crippen LogP contribution in [-0.4, -0.2) is 19.6 Å². The summed E-state index contributed by atoms with van der Waals surface area (Å²) in [5, 5.41) is 13.5. The van der Waals surface area contributed by atoms with Crippen molar-refractivity contribution >= 4 is 22.3 Å². The van der Waals surface area contributed by atoms with Crippen molar-refractivity contribution in [2.75, 3.05) is 19.0 Å². The Morgan fingerprint density at radius 3 is 3.05 bits per heavy atom. The highest BCUT2D eigenvalue weighted by Gasteiger charge is 2.24. The molecule has 0 aliphatic heterocycles. The molecule has 20 heavy (non-hydrogen) atoms. The molecule has 0 aromatic carbocycles. The van der Waals surface area contributed by atoms with Crippen LogP contribution in [0.3, 0.4) is 0 Å². The second-order valence-electron chi connectivity index (χ2n) is 5.47. The zero-order valence-electron chi connectivity index (χ0n) is 12.2. The Morgan fingerprint density at radius 1 is 1.65 bits per heavy atom. The van der Waals surface area contributed by atoms with Gasteiger partial charge in [0.15, 0.2) is 0 Å². The van der Waals surface area contributed by atoms with E-state index in [4.69, 9.17) is 4.74 Å². The molecule has 2 rings (SSSR count). The lowest BCUT2D eigenvalue weighted by Crippen LogP contribution is -2.21. The van der Waals surface area contributed by atoms with Crippen LogP contribution < -0.4 is 5.32 Å². The van der Waals surface area contributed by atoms with Gasteiger partial charge in [-0.1, -0.05) is 13.8 Å². The summed E-state index contributed by atoms with van der Waals surface area (Å²) < 4.78 is 4.71. The maximum Gasteiger partial charge on any atom is 0.310 e. The molecule has 2 atom stereocenters. The molecule has 0 saturated heterocycles. The first kappa shape index (κ1) is 14.9. The number of anilines is 1. The maximum atomic E-state index is 11.4. The smallest absolute Gasteiger partial charge is 0.310 e. The third-order valence-electron chi connectivity index (χ3n) is 3.80. The Balaban J connectivity index is 2.13. The second-order valence-corrected chi connectivity index (χ2v) is 6.58. The van der Waals surface area contributed by atoms with Gasteiger partial charge in [-0.2, -0.15) is 5.26 Å². The fourth-order valence-electron chi connectivity index (χ4n) is 2.52. The molecule has 0 bridgehead atoms. The zero-order valence-corrected chi connectivity index (χ0v) is 13.0. The van der Waals surface area contributed by atoms with Gasteiger partial charge in [0.05, 0.1) is 18.6 Å². The number of fused-ring (bicyclic) bond motifs is 1. The number of carbonyl (C=O) groups is 1. The van der Waals surface area contributed by atoms with Crippen molar-refractivity contribution in [3.63, 3.8) is 0 Å². The minimum Gasteiger partial charge on any atom is -0.469 e. The minimum absolute atomic E-state index is 0.218. The van der Waals surface area contributed by atoms with Crippen molar-refractivity contribution in [1.82, 2.24) is 0 Å². The van der Waals surface area contributed by atoms with Gasteiger partial charge >= 0.3 is 5.97 Å². The predicted octanol–water partition coefficient (Wildman–Crippen LogP) is 2.97. The topological polar surface area (TPSA) is 62.1 Å². The SMILES string of the molecule is COC(=O)C(C)CNc1sc2c(c1C#N)CCC(C)C2. The van der Waals surface area contributed by atoms with Gasteiger partial charge < -0.3 is 10.1 Å². The van der Waals surface area contributed by atoms with Gasteiger partial charge in [0, 0.05) is 11.4 Å². The number of nitrogens with zero attached hydrogens (tertiary/aromatic N) is 1. The number of hydrogen-bond donors (Lipinski definition) is 1. The lowest BCUT2D eigenvalue weighted by atomic mass is 9.88. The monoisotopic (exact) mass is 292 g/mol. The highest BCUT2D eigenvalue weighted by molar-refractivity contribution is 7.16. The van der Waals surface area contributed by atoms with Gasteiger partial charge in [-0.05, 0) is 30.7 Å². The van der Waals surface area contributed by atoms with Crippen LogP contribution in [0.1, 0.15) is 36.3 Å². The number of esters is 1. The Hall–Kier alpha value is -1.54. The Labute approximate surface area is 123 Å². The van der Waals surface area contributed by atoms with Gasteiger partial charge in [-0.3, -0.25) is 4.79 Å². The van der Waals surface area contributed by atoms with E-state index in [1.165, 1.54) is 17.6 Å². The van der Waals surface area contributed by atoms with Crippen LogP contribution in [0.25, 0.3) is 0 Å². The maximum absolute atomic E-state index is 11.4. The van der Waals surface area contributed by atoms with E-state index >= 15 is 0 Å². The number of hydrogen-bond acceptors (Lipinski definition) is 5. The number of ether oxygens (including phenoxy) is 1. The number of methoxy groups -OCH3 is 1. The molecule has 2 unspecified atom stereocenters. The van der Waals surface area contributed by atoms with Crippen molar-refractivity contribution in [3.05, 3.63) is 16.0 Å². The summed E-state index contributed by atoms with van der Waals surface area (Å²) >= 11 is 1.67. The van der Waals surface area contributed by atoms with Crippen LogP contribution in [0.15, 0.2) is 0 Å². The van der Waals surface area contributed by atoms with Gasteiger partial charge in [0.1, 0.15) is 11.1 Å². The second kappa shape index (κ2) is 6.27. The lowest BCUT2D eigenvalue weighted by molar-refractivity contribution is -0.144. The molecule has 4 nitrogen and oxygen atoms in total. The van der Waals surface area contributed by atoms with E-state index in [0.29, 0.717) is 12.5 Å². The largest absolute Gasteiger partial charge is 0.469 e. The van der Waals surface area contributed by atoms with Crippen LogP contribution in [0.5, 0.6) is 0 Å². The van der Waals surface area contributed by atoms with E-state index < -0.39 is 0 Å². The van der Waals surface area contributed by atoms with E-state index in [2.05, 4.69) is 18.3 Å². The highest BCUT2D eigenvalue weighted by Crippen LogP contribution is 2.39. The molecule has 1 aliphatic carbocycles. The molecule has 1 aliphatic rings. The summed E-state index contributed by atoms with van der Waals surface area (Å²) in [6, 6.07) is 2.32. The van der Waals surface area contributed by atoms with Crippen LogP contribution in [0.4, 0.5) is 5.00 Å². The van der Waals surface area contributed by atoms with E-state index in [1.807, 2.05) is 6.92 Å². The van der Waals surface area contributed by atoms with Crippen LogP contribution >= 0.6 is 11.3 Å². The van der Waals surface area contributed by atoms with Crippen molar-refractivity contribution in [2.24, 2.45) is 11.8 Å². The van der Waals surface area contributed by atoms with Gasteiger partial charge in [0.25, 0.3) is 0 Å². The van der Waals surface area contributed by atoms with Gasteiger partial charge in [0.2, 0.25) is 0 Å². The zero-order chi connectivity index (χ0) is 14.7. The van der Waals surface area contributed by atoms with E-state index in [-0.39, 0.29) is 11.9 Å². The van der Waals surface area contributed by atoms with Crippen molar-refractivity contribution in [2.45, 2.75) is 33.1 Å². The normalized spacial score (nSPS) is 18.8. The molecule has 1 heterocycles. The number of thiophene rings is 1. The molecule has 1 N–H and O–H groups in total. The summed E-state index contributed by atoms with van der Waals surface area (Å²) in [5.74, 6) is 0.241. The third kappa shape index (κ3) is 2.96. The molecule has 0 spiro atoms. The first-order valence-electron chi connectivity index (χ1n) is 6.93. The molecule has 0 saturated carbocycles. The summed E-state index contributed by atoms with van der Waals surface area (Å²) in [4.78, 5) is 12.7. The average Bonchev–Trinajstić information content (AvgIpc) is 2.80. The Bertz CT molecular complexity index is 545. The molecule has 1 aromatic rings. The molecule has 0 amide bonds. The molecule has 0 radical (unpaired) electrons. The van der Waals surface area contributed by atoms with E-state index in [0.717, 1.165) is 29.8 Å². The number of nitrogens with one attached hydrogen (secondary N) is 1. The van der Waals surface area contributed by atoms with E-state index in [1.54, 1.807) is 11.3 Å². The van der Waals surface area contributed by atoms with Crippen molar-refractivity contribution < 1.29 is 9.53 Å². The molecular formula is C15H20N2O2S. The average molecular weight is 292 g/mol. The summed E-state index contributed by atoms with van der Waals surface area (Å²) in [6.07, 6.45) is 3.20. The standard InChI is InChI=1S/C15H20N2O2S/c1-9-4-5-11-12(7-16)14(20-13(11)6-9)17-8-10(2)15(18)19-3/h9-10,17H,4-6,8H2,1-3H3. The molecule has 5 heteroatoms. The molecule has 108 valence electrons. The van der Waals surface area contributed by atoms with Crippen molar-refractivity contribution in [3.8, 4) is 6.07 Å². The van der Waals surface area contributed by atoms with Gasteiger partial charge in [-0.25, -0.2) is 0 Å². The summed E-state index contributed by atoms with van der Waals surface area (Å²) in [5.41, 5.74) is 1.98. The molecule has 0 fully saturated rings. The van der Waals surface area contributed by atoms with Crippen LogP contribution in [-0.2, 0) is 22.4 Å². The highest BCUT2D eigenvalue weighted by atomic mass is 32.1. The van der Waals surface area contributed by atoms with E-state index in [9.17, 15) is 10.1 Å². The first-order chi connectivity index (χ1) is 9.56. The summed E-state index contributed by atoms with van der Waals surface area (Å²) in [6.45, 7) is 4.57. The molecular weight excluding hydrogens is 272 g/mol.